The third-order valence-electron chi connectivity index (χ3n) is 4.12. The van der Waals surface area contributed by atoms with Crippen molar-refractivity contribution in [3.05, 3.63) is 0 Å². The first-order valence-electron chi connectivity index (χ1n) is 7.47. The molecular formula is C14H26N2O3. The third-order valence-corrected chi connectivity index (χ3v) is 4.12. The molecule has 0 aromatic heterocycles. The monoisotopic (exact) mass is 270 g/mol. The van der Waals surface area contributed by atoms with Gasteiger partial charge in [0.1, 0.15) is 0 Å². The second-order valence-electron chi connectivity index (χ2n) is 5.60. The summed E-state index contributed by atoms with van der Waals surface area (Å²) in [6, 6.07) is 0. The Labute approximate surface area is 115 Å². The van der Waals surface area contributed by atoms with E-state index in [0.717, 1.165) is 45.4 Å². The van der Waals surface area contributed by atoms with E-state index in [2.05, 4.69) is 4.90 Å². The lowest BCUT2D eigenvalue weighted by atomic mass is 9.96. The van der Waals surface area contributed by atoms with Crippen molar-refractivity contribution in [2.24, 2.45) is 5.92 Å². The van der Waals surface area contributed by atoms with Gasteiger partial charge in [0.15, 0.2) is 0 Å². The number of morpholine rings is 1. The van der Waals surface area contributed by atoms with Crippen molar-refractivity contribution in [3.63, 3.8) is 0 Å². The lowest BCUT2D eigenvalue weighted by Gasteiger charge is -2.36. The minimum Gasteiger partial charge on any atom is -0.392 e. The van der Waals surface area contributed by atoms with Crippen molar-refractivity contribution in [1.29, 1.82) is 0 Å². The van der Waals surface area contributed by atoms with Crippen LogP contribution in [0.25, 0.3) is 0 Å². The van der Waals surface area contributed by atoms with E-state index in [4.69, 9.17) is 4.74 Å². The summed E-state index contributed by atoms with van der Waals surface area (Å²) in [6.07, 6.45) is 2.54. The number of piperidine rings is 1. The zero-order chi connectivity index (χ0) is 13.7. The Morgan fingerprint density at radius 3 is 2.79 bits per heavy atom. The summed E-state index contributed by atoms with van der Waals surface area (Å²) in [7, 11) is 0. The van der Waals surface area contributed by atoms with Gasteiger partial charge in [0.2, 0.25) is 5.91 Å². The molecule has 2 fully saturated rings. The minimum absolute atomic E-state index is 0.107. The number of carbonyl (C=O) groups is 1. The quantitative estimate of drug-likeness (QED) is 0.800. The fourth-order valence-corrected chi connectivity index (χ4v) is 2.89. The van der Waals surface area contributed by atoms with E-state index in [1.54, 1.807) is 0 Å². The summed E-state index contributed by atoms with van der Waals surface area (Å²) >= 11 is 0. The first-order valence-corrected chi connectivity index (χ1v) is 7.47. The molecule has 2 aliphatic rings. The van der Waals surface area contributed by atoms with Crippen LogP contribution in [0.1, 0.15) is 26.2 Å². The highest BCUT2D eigenvalue weighted by Gasteiger charge is 2.30. The maximum Gasteiger partial charge on any atom is 0.227 e. The molecule has 2 atom stereocenters. The molecule has 0 aromatic carbocycles. The van der Waals surface area contributed by atoms with Crippen molar-refractivity contribution >= 4 is 5.91 Å². The summed E-state index contributed by atoms with van der Waals surface area (Å²) in [5.41, 5.74) is 0. The molecule has 1 N–H and O–H groups in total. The van der Waals surface area contributed by atoms with Crippen LogP contribution in [0.15, 0.2) is 0 Å². The number of aliphatic hydroxyl groups excluding tert-OH is 1. The van der Waals surface area contributed by atoms with E-state index in [0.29, 0.717) is 19.8 Å². The second kappa shape index (κ2) is 7.22. The number of amides is 1. The molecule has 0 radical (unpaired) electrons. The van der Waals surface area contributed by atoms with Gasteiger partial charge >= 0.3 is 0 Å². The first kappa shape index (κ1) is 14.8. The lowest BCUT2D eigenvalue weighted by Crippen LogP contribution is -2.49. The molecule has 19 heavy (non-hydrogen) atoms. The molecule has 0 aliphatic carbocycles. The SMILES string of the molecule is CCC(O)CN1CCCC(C(=O)N2CCOCC2)C1. The number of ether oxygens (including phenoxy) is 1. The number of aliphatic hydroxyl groups is 1. The molecular weight excluding hydrogens is 244 g/mol. The average Bonchev–Trinajstić information content (AvgIpc) is 2.47. The molecule has 0 aromatic rings. The summed E-state index contributed by atoms with van der Waals surface area (Å²) in [6.45, 7) is 7.28. The fraction of sp³-hybridized carbons (Fsp3) is 0.929. The maximum atomic E-state index is 12.4. The summed E-state index contributed by atoms with van der Waals surface area (Å²) in [4.78, 5) is 16.6. The Morgan fingerprint density at radius 1 is 1.37 bits per heavy atom. The van der Waals surface area contributed by atoms with E-state index in [-0.39, 0.29) is 17.9 Å². The fourth-order valence-electron chi connectivity index (χ4n) is 2.89. The highest BCUT2D eigenvalue weighted by atomic mass is 16.5. The van der Waals surface area contributed by atoms with Crippen LogP contribution in [0, 0.1) is 5.92 Å². The minimum atomic E-state index is -0.266. The molecule has 2 rings (SSSR count). The largest absolute Gasteiger partial charge is 0.392 e. The summed E-state index contributed by atoms with van der Waals surface area (Å²) in [5.74, 6) is 0.384. The topological polar surface area (TPSA) is 53.0 Å². The molecule has 2 aliphatic heterocycles. The van der Waals surface area contributed by atoms with Gasteiger partial charge in [0.05, 0.1) is 25.2 Å². The van der Waals surface area contributed by atoms with Crippen LogP contribution in [0.4, 0.5) is 0 Å². The number of nitrogens with zero attached hydrogens (tertiary/aromatic N) is 2. The molecule has 2 saturated heterocycles. The van der Waals surface area contributed by atoms with Crippen LogP contribution in [-0.2, 0) is 9.53 Å². The van der Waals surface area contributed by atoms with Crippen molar-refractivity contribution in [2.75, 3.05) is 45.9 Å². The molecule has 0 saturated carbocycles. The van der Waals surface area contributed by atoms with E-state index in [1.165, 1.54) is 0 Å². The molecule has 5 nitrogen and oxygen atoms in total. The van der Waals surface area contributed by atoms with Crippen LogP contribution in [0.5, 0.6) is 0 Å². The Kier molecular flexibility index (Phi) is 5.60. The normalized spacial score (nSPS) is 27.3. The molecule has 2 unspecified atom stereocenters. The van der Waals surface area contributed by atoms with Gasteiger partial charge in [-0.05, 0) is 25.8 Å². The zero-order valence-corrected chi connectivity index (χ0v) is 11.9. The predicted molar refractivity (Wildman–Crippen MR) is 72.9 cm³/mol. The van der Waals surface area contributed by atoms with Crippen molar-refractivity contribution < 1.29 is 14.6 Å². The number of likely N-dealkylation sites (tertiary alicyclic amines) is 1. The second-order valence-corrected chi connectivity index (χ2v) is 5.60. The van der Waals surface area contributed by atoms with Crippen molar-refractivity contribution in [2.45, 2.75) is 32.3 Å². The van der Waals surface area contributed by atoms with E-state index in [9.17, 15) is 9.90 Å². The summed E-state index contributed by atoms with van der Waals surface area (Å²) < 4.78 is 5.29. The smallest absolute Gasteiger partial charge is 0.227 e. The van der Waals surface area contributed by atoms with Crippen LogP contribution in [0.3, 0.4) is 0 Å². The van der Waals surface area contributed by atoms with Gasteiger partial charge in [-0.1, -0.05) is 6.92 Å². The van der Waals surface area contributed by atoms with E-state index < -0.39 is 0 Å². The highest BCUT2D eigenvalue weighted by Crippen LogP contribution is 2.20. The Balaban J connectivity index is 1.83. The number of β-amino-alcohol motifs (C(OH)–C–C–N with tert-alkyl or cyclic N) is 1. The van der Waals surface area contributed by atoms with Gasteiger partial charge in [-0.25, -0.2) is 0 Å². The van der Waals surface area contributed by atoms with Crippen LogP contribution >= 0.6 is 0 Å². The van der Waals surface area contributed by atoms with Crippen molar-refractivity contribution in [1.82, 2.24) is 9.80 Å². The maximum absolute atomic E-state index is 12.4. The number of hydrogen-bond acceptors (Lipinski definition) is 4. The Bertz CT molecular complexity index is 292. The Morgan fingerprint density at radius 2 is 2.11 bits per heavy atom. The predicted octanol–water partition coefficient (Wildman–Crippen LogP) is 0.328. The average molecular weight is 270 g/mol. The Hall–Kier alpha value is -0.650. The molecule has 0 bridgehead atoms. The standard InChI is InChI=1S/C14H26N2O3/c1-2-13(17)11-15-5-3-4-12(10-15)14(18)16-6-8-19-9-7-16/h12-13,17H,2-11H2,1H3. The zero-order valence-electron chi connectivity index (χ0n) is 11.9. The van der Waals surface area contributed by atoms with E-state index in [1.807, 2.05) is 11.8 Å². The van der Waals surface area contributed by atoms with Crippen LogP contribution < -0.4 is 0 Å². The number of hydrogen-bond donors (Lipinski definition) is 1. The molecule has 2 heterocycles. The van der Waals surface area contributed by atoms with Gasteiger partial charge < -0.3 is 14.7 Å². The summed E-state index contributed by atoms with van der Waals surface area (Å²) in [5, 5.41) is 9.73. The highest BCUT2D eigenvalue weighted by molar-refractivity contribution is 5.79. The van der Waals surface area contributed by atoms with Crippen LogP contribution in [0.2, 0.25) is 0 Å². The van der Waals surface area contributed by atoms with Gasteiger partial charge in [0.25, 0.3) is 0 Å². The lowest BCUT2D eigenvalue weighted by molar-refractivity contribution is -0.141. The van der Waals surface area contributed by atoms with Crippen molar-refractivity contribution in [3.8, 4) is 0 Å². The number of rotatable bonds is 4. The van der Waals surface area contributed by atoms with Crippen LogP contribution in [-0.4, -0.2) is 72.9 Å². The number of carbonyl (C=O) groups excluding carboxylic acids is 1. The van der Waals surface area contributed by atoms with Gasteiger partial charge in [0, 0.05) is 26.2 Å². The first-order chi connectivity index (χ1) is 9.20. The molecule has 1 amide bonds. The third kappa shape index (κ3) is 4.16. The molecule has 5 heteroatoms. The molecule has 110 valence electrons. The molecule has 0 spiro atoms. The van der Waals surface area contributed by atoms with Gasteiger partial charge in [-0.2, -0.15) is 0 Å². The van der Waals surface area contributed by atoms with Gasteiger partial charge in [-0.3, -0.25) is 9.69 Å². The van der Waals surface area contributed by atoms with E-state index >= 15 is 0 Å². The van der Waals surface area contributed by atoms with Gasteiger partial charge in [-0.15, -0.1) is 0 Å².